The van der Waals surface area contributed by atoms with Crippen LogP contribution in [0, 0.1) is 11.8 Å². The molecule has 1 saturated carbocycles. The number of nitrogen functional groups attached to an aromatic ring is 1. The first-order valence-electron chi connectivity index (χ1n) is 16.2. The highest BCUT2D eigenvalue weighted by Gasteiger charge is 2.26. The van der Waals surface area contributed by atoms with E-state index in [-0.39, 0.29) is 28.2 Å². The van der Waals surface area contributed by atoms with E-state index < -0.39 is 0 Å². The molecule has 1 aliphatic carbocycles. The third-order valence-corrected chi connectivity index (χ3v) is 8.55. The van der Waals surface area contributed by atoms with E-state index in [9.17, 15) is 9.59 Å². The van der Waals surface area contributed by atoms with E-state index in [1.807, 2.05) is 20.8 Å². The Hall–Kier alpha value is -1.84. The summed E-state index contributed by atoms with van der Waals surface area (Å²) in [6, 6.07) is 4.25. The summed E-state index contributed by atoms with van der Waals surface area (Å²) < 4.78 is 5.39. The average Bonchev–Trinajstić information content (AvgIpc) is 2.82. The fraction of sp³-hybridized carbons (Fsp3) is 0.778. The van der Waals surface area contributed by atoms with Crippen molar-refractivity contribution >= 4 is 17.4 Å². The number of rotatable bonds is 13. The number of unbranched alkanes of at least 4 members (excludes halogenated alkanes) is 4. The monoisotopic (exact) mass is 555 g/mol. The van der Waals surface area contributed by atoms with E-state index in [2.05, 4.69) is 53.7 Å². The Morgan fingerprint density at radius 3 is 1.73 bits per heavy atom. The van der Waals surface area contributed by atoms with E-state index in [0.29, 0.717) is 18.5 Å². The van der Waals surface area contributed by atoms with Crippen LogP contribution in [0.25, 0.3) is 0 Å². The van der Waals surface area contributed by atoms with Gasteiger partial charge in [-0.05, 0) is 73.5 Å². The Labute approximate surface area is 246 Å². The molecule has 0 amide bonds. The number of carbonyl (C=O) groups excluding carboxylic acids is 2. The van der Waals surface area contributed by atoms with E-state index in [0.717, 1.165) is 48.6 Å². The predicted octanol–water partition coefficient (Wildman–Crippen LogP) is 10.1. The first kappa shape index (κ1) is 34.4. The second kappa shape index (κ2) is 14.9. The van der Waals surface area contributed by atoms with Crippen molar-refractivity contribution in [1.29, 1.82) is 0 Å². The van der Waals surface area contributed by atoms with Crippen LogP contribution in [-0.4, -0.2) is 17.4 Å². The quantitative estimate of drug-likeness (QED) is 0.114. The molecule has 4 heteroatoms. The molecule has 0 bridgehead atoms. The molecule has 0 radical (unpaired) electrons. The number of hydrogen-bond acceptors (Lipinski definition) is 4. The third kappa shape index (κ3) is 12.0. The number of Topliss-reactive ketones (excluding diaryl/α,β-unsaturated/α-hetero) is 1. The maximum atomic E-state index is 13.3. The Kier molecular flexibility index (Phi) is 12.8. The average molecular weight is 556 g/mol. The van der Waals surface area contributed by atoms with Crippen LogP contribution in [-0.2, 0) is 20.4 Å². The van der Waals surface area contributed by atoms with Crippen molar-refractivity contribution in [2.24, 2.45) is 11.8 Å². The summed E-state index contributed by atoms with van der Waals surface area (Å²) in [5.41, 5.74) is 9.74. The molecule has 1 aliphatic rings. The van der Waals surface area contributed by atoms with Gasteiger partial charge in [-0.15, -0.1) is 0 Å². The van der Waals surface area contributed by atoms with Crippen molar-refractivity contribution in [3.05, 3.63) is 28.8 Å². The molecule has 2 rings (SSSR count). The molecule has 1 fully saturated rings. The number of ether oxygens (including phenoxy) is 1. The normalized spacial score (nSPS) is 18.5. The lowest BCUT2D eigenvalue weighted by Crippen LogP contribution is -2.23. The molecule has 40 heavy (non-hydrogen) atoms. The minimum absolute atomic E-state index is 0.0245. The molecule has 0 heterocycles. The van der Waals surface area contributed by atoms with Crippen LogP contribution in [0.15, 0.2) is 12.1 Å². The Balaban J connectivity index is 1.67. The first-order chi connectivity index (χ1) is 18.5. The van der Waals surface area contributed by atoms with Crippen LogP contribution in [0.2, 0.25) is 0 Å². The van der Waals surface area contributed by atoms with Crippen molar-refractivity contribution in [2.75, 3.05) is 5.73 Å². The molecule has 0 atom stereocenters. The van der Waals surface area contributed by atoms with Gasteiger partial charge in [-0.25, -0.2) is 0 Å². The second-order valence-electron chi connectivity index (χ2n) is 15.6. The van der Waals surface area contributed by atoms with Crippen molar-refractivity contribution in [1.82, 2.24) is 0 Å². The lowest BCUT2D eigenvalue weighted by atomic mass is 9.77. The van der Waals surface area contributed by atoms with Crippen molar-refractivity contribution in [2.45, 2.75) is 169 Å². The Bertz CT molecular complexity index is 950. The molecule has 228 valence electrons. The van der Waals surface area contributed by atoms with Crippen LogP contribution in [0.4, 0.5) is 5.69 Å². The molecule has 1 aromatic carbocycles. The van der Waals surface area contributed by atoms with Gasteiger partial charge in [0.1, 0.15) is 5.60 Å². The molecule has 1 aromatic rings. The summed E-state index contributed by atoms with van der Waals surface area (Å²) in [6.07, 6.45) is 15.7. The van der Waals surface area contributed by atoms with E-state index in [4.69, 9.17) is 10.5 Å². The summed E-state index contributed by atoms with van der Waals surface area (Å²) in [5.74, 6) is 1.83. The zero-order valence-electron chi connectivity index (χ0n) is 27.5. The number of hydrogen-bond donors (Lipinski definition) is 1. The first-order valence-corrected chi connectivity index (χ1v) is 16.2. The highest BCUT2D eigenvalue weighted by atomic mass is 16.6. The predicted molar refractivity (Wildman–Crippen MR) is 170 cm³/mol. The number of esters is 1. The van der Waals surface area contributed by atoms with Gasteiger partial charge in [-0.1, -0.05) is 112 Å². The topological polar surface area (TPSA) is 69.4 Å². The molecular weight excluding hydrogens is 494 g/mol. The molecule has 0 aliphatic heterocycles. The van der Waals surface area contributed by atoms with Crippen LogP contribution in [0.5, 0.6) is 0 Å². The number of anilines is 1. The van der Waals surface area contributed by atoms with Gasteiger partial charge in [0.15, 0.2) is 5.78 Å². The minimum Gasteiger partial charge on any atom is -0.460 e. The van der Waals surface area contributed by atoms with Crippen molar-refractivity contribution < 1.29 is 14.3 Å². The number of ketones is 1. The minimum atomic E-state index is -0.378. The van der Waals surface area contributed by atoms with Crippen LogP contribution in [0.1, 0.15) is 174 Å². The van der Waals surface area contributed by atoms with Crippen molar-refractivity contribution in [3.8, 4) is 0 Å². The Morgan fingerprint density at radius 2 is 1.23 bits per heavy atom. The van der Waals surface area contributed by atoms with Crippen molar-refractivity contribution in [3.63, 3.8) is 0 Å². The molecule has 0 aromatic heterocycles. The van der Waals surface area contributed by atoms with Gasteiger partial charge in [0.05, 0.1) is 0 Å². The standard InChI is InChI=1S/C36H61NO3/c1-34(2,3)28-24-29(33(37)30(25-28)35(4,5)6)31(38)18-15-14-17-27-22-20-26(21-23-27)16-12-10-11-13-19-32(39)40-36(7,8)9/h24-27H,10-23,37H2,1-9H3. The number of carbonyl (C=O) groups is 2. The molecule has 0 saturated heterocycles. The number of benzene rings is 1. The summed E-state index contributed by atoms with van der Waals surface area (Å²) in [5, 5.41) is 0. The van der Waals surface area contributed by atoms with E-state index in [1.165, 1.54) is 56.9 Å². The summed E-state index contributed by atoms with van der Waals surface area (Å²) in [7, 11) is 0. The lowest BCUT2D eigenvalue weighted by Gasteiger charge is -2.29. The van der Waals surface area contributed by atoms with Gasteiger partial charge in [-0.3, -0.25) is 9.59 Å². The van der Waals surface area contributed by atoms with E-state index in [1.54, 1.807) is 0 Å². The zero-order valence-corrected chi connectivity index (χ0v) is 27.5. The maximum absolute atomic E-state index is 13.3. The SMILES string of the molecule is CC(C)(C)OC(=O)CCCCCCC1CCC(CCCCC(=O)c2cc(C(C)(C)C)cc(C(C)(C)C)c2N)CC1. The highest BCUT2D eigenvalue weighted by molar-refractivity contribution is 6.01. The third-order valence-electron chi connectivity index (χ3n) is 8.55. The van der Waals surface area contributed by atoms with Gasteiger partial charge >= 0.3 is 5.97 Å². The highest BCUT2D eigenvalue weighted by Crippen LogP contribution is 2.37. The summed E-state index contributed by atoms with van der Waals surface area (Å²) >= 11 is 0. The molecule has 0 unspecified atom stereocenters. The number of nitrogens with two attached hydrogens (primary N) is 1. The van der Waals surface area contributed by atoms with Gasteiger partial charge in [0, 0.05) is 24.1 Å². The summed E-state index contributed by atoms with van der Waals surface area (Å²) in [6.45, 7) is 18.9. The Morgan fingerprint density at radius 1 is 0.725 bits per heavy atom. The fourth-order valence-electron chi connectivity index (χ4n) is 6.05. The zero-order chi connectivity index (χ0) is 30.1. The molecule has 2 N–H and O–H groups in total. The fourth-order valence-corrected chi connectivity index (χ4v) is 6.05. The van der Waals surface area contributed by atoms with Crippen LogP contribution in [0.3, 0.4) is 0 Å². The van der Waals surface area contributed by atoms with E-state index >= 15 is 0 Å². The van der Waals surface area contributed by atoms with Crippen LogP contribution >= 0.6 is 0 Å². The van der Waals surface area contributed by atoms with Gasteiger partial charge in [-0.2, -0.15) is 0 Å². The molecule has 4 nitrogen and oxygen atoms in total. The van der Waals surface area contributed by atoms with Crippen LogP contribution < -0.4 is 5.73 Å². The summed E-state index contributed by atoms with van der Waals surface area (Å²) in [4.78, 5) is 25.1. The lowest BCUT2D eigenvalue weighted by molar-refractivity contribution is -0.154. The van der Waals surface area contributed by atoms with Gasteiger partial charge < -0.3 is 10.5 Å². The maximum Gasteiger partial charge on any atom is 0.306 e. The van der Waals surface area contributed by atoms with Gasteiger partial charge in [0.2, 0.25) is 0 Å². The molecule has 0 spiro atoms. The smallest absolute Gasteiger partial charge is 0.306 e. The molecular formula is C36H61NO3. The largest absolute Gasteiger partial charge is 0.460 e. The second-order valence-corrected chi connectivity index (χ2v) is 15.6. The van der Waals surface area contributed by atoms with Gasteiger partial charge in [0.25, 0.3) is 0 Å².